The molecule has 0 N–H and O–H groups in total. The number of rotatable bonds is 4. The van der Waals surface area contributed by atoms with E-state index in [4.69, 9.17) is 0 Å². The van der Waals surface area contributed by atoms with E-state index < -0.39 is 0 Å². The molecular formula is C22H27N3O2S. The third-order valence-electron chi connectivity index (χ3n) is 5.97. The van der Waals surface area contributed by atoms with E-state index in [1.807, 2.05) is 47.5 Å². The second-order valence-corrected chi connectivity index (χ2v) is 8.98. The monoisotopic (exact) mass is 397 g/mol. The van der Waals surface area contributed by atoms with Crippen LogP contribution < -0.4 is 4.90 Å². The van der Waals surface area contributed by atoms with Crippen molar-refractivity contribution < 1.29 is 9.59 Å². The molecule has 1 saturated heterocycles. The van der Waals surface area contributed by atoms with Crippen molar-refractivity contribution in [3.8, 4) is 0 Å². The summed E-state index contributed by atoms with van der Waals surface area (Å²) in [6.07, 6.45) is 4.76. The Bertz CT molecular complexity index is 842. The largest absolute Gasteiger partial charge is 0.339 e. The molecule has 5 nitrogen and oxygen atoms in total. The van der Waals surface area contributed by atoms with E-state index in [1.54, 1.807) is 4.90 Å². The molecule has 148 valence electrons. The summed E-state index contributed by atoms with van der Waals surface area (Å²) >= 11 is 1.46. The van der Waals surface area contributed by atoms with Crippen LogP contribution in [0, 0.1) is 18.8 Å². The van der Waals surface area contributed by atoms with Crippen LogP contribution in [-0.4, -0.2) is 34.3 Å². The first-order valence-corrected chi connectivity index (χ1v) is 11.0. The number of benzene rings is 1. The maximum atomic E-state index is 13.5. The highest BCUT2D eigenvalue weighted by atomic mass is 32.1. The van der Waals surface area contributed by atoms with Crippen molar-refractivity contribution in [1.82, 2.24) is 9.88 Å². The molecule has 1 saturated carbocycles. The van der Waals surface area contributed by atoms with Gasteiger partial charge in [-0.1, -0.05) is 25.1 Å². The lowest BCUT2D eigenvalue weighted by Gasteiger charge is -2.33. The average molecular weight is 398 g/mol. The minimum atomic E-state index is -0.309. The van der Waals surface area contributed by atoms with Crippen LogP contribution in [0.15, 0.2) is 35.7 Å². The zero-order valence-corrected chi connectivity index (χ0v) is 17.3. The lowest BCUT2D eigenvalue weighted by molar-refractivity contribution is -0.130. The highest BCUT2D eigenvalue weighted by Crippen LogP contribution is 2.35. The first kappa shape index (κ1) is 19.1. The Balaban J connectivity index is 1.55. The molecule has 4 rings (SSSR count). The molecule has 0 spiro atoms. The van der Waals surface area contributed by atoms with Crippen molar-refractivity contribution >= 4 is 34.0 Å². The van der Waals surface area contributed by atoms with Gasteiger partial charge in [-0.05, 0) is 50.7 Å². The van der Waals surface area contributed by atoms with Crippen LogP contribution in [0.2, 0.25) is 0 Å². The van der Waals surface area contributed by atoms with Gasteiger partial charge in [0.15, 0.2) is 5.13 Å². The molecule has 2 heterocycles. The van der Waals surface area contributed by atoms with Gasteiger partial charge in [0.05, 0.1) is 17.3 Å². The lowest BCUT2D eigenvalue weighted by Crippen LogP contribution is -2.40. The number of likely N-dealkylation sites (tertiary alicyclic amines) is 1. The van der Waals surface area contributed by atoms with Gasteiger partial charge in [-0.3, -0.25) is 14.5 Å². The molecule has 0 radical (unpaired) electrons. The summed E-state index contributed by atoms with van der Waals surface area (Å²) in [5, 5.41) is 2.62. The van der Waals surface area contributed by atoms with Crippen molar-refractivity contribution in [2.24, 2.45) is 11.8 Å². The first-order valence-electron chi connectivity index (χ1n) is 10.1. The Morgan fingerprint density at radius 1 is 1.18 bits per heavy atom. The fraction of sp³-hybridized carbons (Fsp3) is 0.500. The second kappa shape index (κ2) is 8.03. The predicted molar refractivity (Wildman–Crippen MR) is 112 cm³/mol. The van der Waals surface area contributed by atoms with Gasteiger partial charge in [0.25, 0.3) is 0 Å². The molecule has 1 aromatic carbocycles. The number of nitrogens with zero attached hydrogens (tertiary/aromatic N) is 3. The average Bonchev–Trinajstić information content (AvgIpc) is 3.29. The molecule has 28 heavy (non-hydrogen) atoms. The molecule has 1 atom stereocenters. The number of thiazole rings is 1. The first-order chi connectivity index (χ1) is 13.5. The van der Waals surface area contributed by atoms with Gasteiger partial charge in [0, 0.05) is 24.4 Å². The third-order valence-corrected chi connectivity index (χ3v) is 6.91. The maximum Gasteiger partial charge on any atom is 0.238 e. The van der Waals surface area contributed by atoms with E-state index in [0.29, 0.717) is 24.1 Å². The zero-order chi connectivity index (χ0) is 19.7. The van der Waals surface area contributed by atoms with E-state index in [2.05, 4.69) is 11.9 Å². The molecular weight excluding hydrogens is 370 g/mol. The Morgan fingerprint density at radius 2 is 1.89 bits per heavy atom. The van der Waals surface area contributed by atoms with Gasteiger partial charge < -0.3 is 4.90 Å². The molecule has 1 aliphatic heterocycles. The molecule has 1 aliphatic carbocycles. The number of aryl methyl sites for hydroxylation is 1. The maximum absolute atomic E-state index is 13.5. The molecule has 2 fully saturated rings. The fourth-order valence-electron chi connectivity index (χ4n) is 4.34. The van der Waals surface area contributed by atoms with Crippen molar-refractivity contribution in [3.63, 3.8) is 0 Å². The number of amides is 2. The second-order valence-electron chi connectivity index (χ2n) is 8.14. The molecule has 1 aromatic heterocycles. The standard InChI is InChI=1S/C22H27N3O2S/c1-15-8-10-18(11-9-15)24-13-17(12-20(24)26)21(27)25(19-6-4-3-5-7-19)22-23-16(2)14-28-22/h3-7,14-15,17-18H,8-13H2,1-2H3. The number of anilines is 2. The smallest absolute Gasteiger partial charge is 0.238 e. The van der Waals surface area contributed by atoms with Gasteiger partial charge in [-0.25, -0.2) is 4.98 Å². The Labute approximate surface area is 170 Å². The fourth-order valence-corrected chi connectivity index (χ4v) is 5.17. The number of carbonyl (C=O) groups is 2. The predicted octanol–water partition coefficient (Wildman–Crippen LogP) is 4.54. The van der Waals surface area contributed by atoms with Crippen LogP contribution in [0.25, 0.3) is 0 Å². The van der Waals surface area contributed by atoms with Crippen LogP contribution in [0.1, 0.15) is 44.7 Å². The van der Waals surface area contributed by atoms with Crippen LogP contribution in [0.5, 0.6) is 0 Å². The molecule has 1 unspecified atom stereocenters. The number of hydrogen-bond donors (Lipinski definition) is 0. The zero-order valence-electron chi connectivity index (χ0n) is 16.5. The molecule has 0 bridgehead atoms. The highest BCUT2D eigenvalue weighted by molar-refractivity contribution is 7.14. The van der Waals surface area contributed by atoms with Crippen LogP contribution >= 0.6 is 11.3 Å². The van der Waals surface area contributed by atoms with Gasteiger partial charge in [0.1, 0.15) is 0 Å². The summed E-state index contributed by atoms with van der Waals surface area (Å²) in [5.74, 6) is 0.533. The summed E-state index contributed by atoms with van der Waals surface area (Å²) < 4.78 is 0. The summed E-state index contributed by atoms with van der Waals surface area (Å²) in [6.45, 7) is 4.74. The van der Waals surface area contributed by atoms with Gasteiger partial charge in [0.2, 0.25) is 11.8 Å². The number of hydrogen-bond acceptors (Lipinski definition) is 4. The number of para-hydroxylation sites is 1. The number of aromatic nitrogens is 1. The van der Waals surface area contributed by atoms with Gasteiger partial charge in [-0.15, -0.1) is 11.3 Å². The Kier molecular flexibility index (Phi) is 5.49. The van der Waals surface area contributed by atoms with Gasteiger partial charge >= 0.3 is 0 Å². The van der Waals surface area contributed by atoms with E-state index in [9.17, 15) is 9.59 Å². The van der Waals surface area contributed by atoms with E-state index >= 15 is 0 Å². The van der Waals surface area contributed by atoms with Crippen molar-refractivity contribution in [3.05, 3.63) is 41.4 Å². The Hall–Kier alpha value is -2.21. The Morgan fingerprint density at radius 3 is 2.54 bits per heavy atom. The van der Waals surface area contributed by atoms with E-state index in [-0.39, 0.29) is 17.7 Å². The minimum Gasteiger partial charge on any atom is -0.339 e. The molecule has 2 aromatic rings. The molecule has 2 aliphatic rings. The SMILES string of the molecule is Cc1csc(N(C(=O)C2CC(=O)N(C3CCC(C)CC3)C2)c2ccccc2)n1. The lowest BCUT2D eigenvalue weighted by atomic mass is 9.86. The van der Waals surface area contributed by atoms with Crippen molar-refractivity contribution in [2.45, 2.75) is 52.0 Å². The summed E-state index contributed by atoms with van der Waals surface area (Å²) in [4.78, 5) is 34.4. The normalized spacial score (nSPS) is 25.1. The summed E-state index contributed by atoms with van der Waals surface area (Å²) in [6, 6.07) is 9.92. The van der Waals surface area contributed by atoms with Crippen LogP contribution in [0.3, 0.4) is 0 Å². The number of carbonyl (C=O) groups excluding carboxylic acids is 2. The topological polar surface area (TPSA) is 53.5 Å². The quantitative estimate of drug-likeness (QED) is 0.761. The summed E-state index contributed by atoms with van der Waals surface area (Å²) in [5.41, 5.74) is 1.70. The van der Waals surface area contributed by atoms with Crippen molar-refractivity contribution in [2.75, 3.05) is 11.4 Å². The van der Waals surface area contributed by atoms with E-state index in [1.165, 1.54) is 24.2 Å². The van der Waals surface area contributed by atoms with Gasteiger partial charge in [-0.2, -0.15) is 0 Å². The van der Waals surface area contributed by atoms with E-state index in [0.717, 1.165) is 30.1 Å². The molecule has 2 amide bonds. The van der Waals surface area contributed by atoms with Crippen LogP contribution in [0.4, 0.5) is 10.8 Å². The van der Waals surface area contributed by atoms with Crippen LogP contribution in [-0.2, 0) is 9.59 Å². The minimum absolute atomic E-state index is 0.0272. The third kappa shape index (κ3) is 3.83. The highest BCUT2D eigenvalue weighted by Gasteiger charge is 2.41. The summed E-state index contributed by atoms with van der Waals surface area (Å²) in [7, 11) is 0. The molecule has 6 heteroatoms. The van der Waals surface area contributed by atoms with Crippen molar-refractivity contribution in [1.29, 1.82) is 0 Å².